The van der Waals surface area contributed by atoms with Crippen molar-refractivity contribution in [3.8, 4) is 0 Å². The van der Waals surface area contributed by atoms with Crippen molar-refractivity contribution in [1.29, 1.82) is 0 Å². The third kappa shape index (κ3) is 4.38. The number of hydrogen-bond donors (Lipinski definition) is 2. The van der Waals surface area contributed by atoms with Gasteiger partial charge in [-0.2, -0.15) is 13.2 Å². The summed E-state index contributed by atoms with van der Waals surface area (Å²) in [6, 6.07) is 10.6. The van der Waals surface area contributed by atoms with Crippen LogP contribution in [0.3, 0.4) is 0 Å². The molecule has 0 bridgehead atoms. The van der Waals surface area contributed by atoms with Gasteiger partial charge in [-0.15, -0.1) is 0 Å². The summed E-state index contributed by atoms with van der Waals surface area (Å²) < 4.78 is 44.0. The molecule has 2 aromatic carbocycles. The highest BCUT2D eigenvalue weighted by atomic mass is 19.4. The summed E-state index contributed by atoms with van der Waals surface area (Å²) >= 11 is 0. The van der Waals surface area contributed by atoms with E-state index >= 15 is 0 Å². The maximum absolute atomic E-state index is 14.2. The Balaban J connectivity index is 1.65. The quantitative estimate of drug-likeness (QED) is 0.541. The number of fused-ring (bicyclic) bond motifs is 2. The van der Waals surface area contributed by atoms with Gasteiger partial charge in [0, 0.05) is 29.7 Å². The summed E-state index contributed by atoms with van der Waals surface area (Å²) in [7, 11) is 1.62. The van der Waals surface area contributed by atoms with Gasteiger partial charge in [-0.25, -0.2) is 0 Å². The summed E-state index contributed by atoms with van der Waals surface area (Å²) in [5.74, 6) is -0.374. The third-order valence-electron chi connectivity index (χ3n) is 6.88. The Morgan fingerprint density at radius 3 is 2.64 bits per heavy atom. The number of rotatable bonds is 5. The summed E-state index contributed by atoms with van der Waals surface area (Å²) in [4.78, 5) is 12.4. The second kappa shape index (κ2) is 8.52. The van der Waals surface area contributed by atoms with E-state index in [2.05, 4.69) is 11.4 Å². The summed E-state index contributed by atoms with van der Waals surface area (Å²) in [5, 5.41) is 14.7. The molecule has 0 amide bonds. The lowest BCUT2D eigenvalue weighted by Crippen LogP contribution is -2.51. The molecule has 2 N–H and O–H groups in total. The highest BCUT2D eigenvalue weighted by Gasteiger charge is 2.54. The van der Waals surface area contributed by atoms with Crippen molar-refractivity contribution in [2.24, 2.45) is 7.05 Å². The van der Waals surface area contributed by atoms with Gasteiger partial charge in [0.2, 0.25) is 0 Å². The molecule has 4 nitrogen and oxygen atoms in total. The number of nitrogens with one attached hydrogen (secondary N) is 1. The molecule has 7 heteroatoms. The van der Waals surface area contributed by atoms with Crippen LogP contribution < -0.4 is 10.9 Å². The molecule has 2 atom stereocenters. The van der Waals surface area contributed by atoms with Gasteiger partial charge in [0.1, 0.15) is 0 Å². The average Bonchev–Trinajstić information content (AvgIpc) is 2.74. The molecule has 1 aliphatic carbocycles. The van der Waals surface area contributed by atoms with E-state index in [9.17, 15) is 23.1 Å². The zero-order chi connectivity index (χ0) is 24.0. The number of hydrogen-bond acceptors (Lipinski definition) is 3. The lowest BCUT2D eigenvalue weighted by atomic mass is 9.75. The molecule has 0 radical (unpaired) electrons. The normalized spacial score (nSPS) is 18.1. The fourth-order valence-corrected chi connectivity index (χ4v) is 5.10. The van der Waals surface area contributed by atoms with Crippen LogP contribution in [-0.4, -0.2) is 28.0 Å². The molecule has 4 rings (SSSR count). The fraction of sp³-hybridized carbons (Fsp3) is 0.423. The second-order valence-electron chi connectivity index (χ2n) is 9.32. The Kier molecular flexibility index (Phi) is 6.03. The van der Waals surface area contributed by atoms with E-state index in [1.807, 2.05) is 19.9 Å². The average molecular weight is 459 g/mol. The zero-order valence-electron chi connectivity index (χ0n) is 19.1. The monoisotopic (exact) mass is 458 g/mol. The second-order valence-corrected chi connectivity index (χ2v) is 9.32. The first kappa shape index (κ1) is 23.4. The van der Waals surface area contributed by atoms with Gasteiger partial charge in [-0.1, -0.05) is 23.8 Å². The highest BCUT2D eigenvalue weighted by molar-refractivity contribution is 5.93. The van der Waals surface area contributed by atoms with Gasteiger partial charge >= 0.3 is 6.18 Å². The van der Waals surface area contributed by atoms with Crippen LogP contribution in [-0.2, 0) is 13.5 Å². The van der Waals surface area contributed by atoms with E-state index < -0.39 is 24.7 Å². The lowest BCUT2D eigenvalue weighted by Gasteiger charge is -2.37. The molecule has 1 aromatic heterocycles. The van der Waals surface area contributed by atoms with E-state index in [0.717, 1.165) is 35.1 Å². The number of pyridine rings is 1. The van der Waals surface area contributed by atoms with Crippen LogP contribution in [0.2, 0.25) is 0 Å². The van der Waals surface area contributed by atoms with Crippen LogP contribution in [0, 0.1) is 13.8 Å². The molecule has 33 heavy (non-hydrogen) atoms. The van der Waals surface area contributed by atoms with E-state index in [-0.39, 0.29) is 11.5 Å². The number of aryl methyl sites for hydroxylation is 3. The maximum Gasteiger partial charge on any atom is 0.418 e. The Labute approximate surface area is 191 Å². The van der Waals surface area contributed by atoms with E-state index in [1.165, 1.54) is 4.57 Å². The van der Waals surface area contributed by atoms with Gasteiger partial charge in [-0.3, -0.25) is 4.79 Å². The number of benzene rings is 2. The number of aliphatic hydroxyl groups is 1. The van der Waals surface area contributed by atoms with Gasteiger partial charge in [0.05, 0.1) is 6.54 Å². The van der Waals surface area contributed by atoms with E-state index in [0.29, 0.717) is 22.9 Å². The van der Waals surface area contributed by atoms with Gasteiger partial charge < -0.3 is 15.0 Å². The predicted molar refractivity (Wildman–Crippen MR) is 125 cm³/mol. The topological polar surface area (TPSA) is 54.3 Å². The van der Waals surface area contributed by atoms with Crippen LogP contribution in [0.15, 0.2) is 47.4 Å². The molecule has 0 fully saturated rings. The molecular weight excluding hydrogens is 429 g/mol. The van der Waals surface area contributed by atoms with Crippen LogP contribution >= 0.6 is 0 Å². The minimum absolute atomic E-state index is 0.230. The molecule has 0 saturated heterocycles. The van der Waals surface area contributed by atoms with Crippen molar-refractivity contribution in [2.75, 3.05) is 11.9 Å². The summed E-state index contributed by atoms with van der Waals surface area (Å²) in [6.07, 6.45) is -1.38. The highest BCUT2D eigenvalue weighted by Crippen LogP contribution is 2.44. The van der Waals surface area contributed by atoms with E-state index in [4.69, 9.17) is 0 Å². The number of alkyl halides is 3. The Morgan fingerprint density at radius 1 is 1.15 bits per heavy atom. The van der Waals surface area contributed by atoms with Crippen LogP contribution in [0.4, 0.5) is 18.9 Å². The van der Waals surface area contributed by atoms with Crippen molar-refractivity contribution < 1.29 is 18.3 Å². The SMILES string of the molecule is Cc1cc(C)c2c(c1)C(CC(O)(CNc1cccc3c(=O)n(C)ccc13)C(F)(F)F)CCC2. The predicted octanol–water partition coefficient (Wildman–Crippen LogP) is 5.37. The molecule has 0 aliphatic heterocycles. The number of nitrogens with zero attached hydrogens (tertiary/aromatic N) is 1. The Bertz CT molecular complexity index is 1250. The number of halogens is 3. The Hall–Kier alpha value is -2.80. The van der Waals surface area contributed by atoms with Gasteiger partial charge in [-0.05, 0) is 80.3 Å². The van der Waals surface area contributed by atoms with Gasteiger partial charge in [0.25, 0.3) is 5.56 Å². The molecule has 3 aromatic rings. The minimum atomic E-state index is -4.81. The molecule has 0 spiro atoms. The number of anilines is 1. The van der Waals surface area contributed by atoms with E-state index in [1.54, 1.807) is 37.5 Å². The summed E-state index contributed by atoms with van der Waals surface area (Å²) in [5.41, 5.74) is 1.40. The van der Waals surface area contributed by atoms with Crippen molar-refractivity contribution in [3.05, 3.63) is 75.2 Å². The fourth-order valence-electron chi connectivity index (χ4n) is 5.10. The van der Waals surface area contributed by atoms with Crippen LogP contribution in [0.1, 0.15) is 47.4 Å². The zero-order valence-corrected chi connectivity index (χ0v) is 19.1. The number of aromatic nitrogens is 1. The van der Waals surface area contributed by atoms with Crippen molar-refractivity contribution in [1.82, 2.24) is 4.57 Å². The minimum Gasteiger partial charge on any atom is -0.381 e. The van der Waals surface area contributed by atoms with Crippen molar-refractivity contribution in [2.45, 2.75) is 57.2 Å². The molecule has 1 aliphatic rings. The molecule has 1 heterocycles. The first-order valence-corrected chi connectivity index (χ1v) is 11.2. The first-order valence-electron chi connectivity index (χ1n) is 11.2. The largest absolute Gasteiger partial charge is 0.418 e. The standard InChI is InChI=1S/C26H29F3N2O2/c1-16-12-17(2)19-7-4-6-18(22(19)13-16)14-25(33,26(27,28)29)15-30-23-9-5-8-21-20(23)10-11-31(3)24(21)32/h5,8-13,18,30,33H,4,6-7,14-15H2,1-3H3. The Morgan fingerprint density at radius 2 is 1.91 bits per heavy atom. The lowest BCUT2D eigenvalue weighted by molar-refractivity contribution is -0.258. The van der Waals surface area contributed by atoms with Crippen LogP contribution in [0.25, 0.3) is 10.8 Å². The summed E-state index contributed by atoms with van der Waals surface area (Å²) in [6.45, 7) is 3.25. The first-order chi connectivity index (χ1) is 15.5. The molecular formula is C26H29F3N2O2. The molecule has 0 saturated carbocycles. The maximum atomic E-state index is 14.2. The van der Waals surface area contributed by atoms with Crippen LogP contribution in [0.5, 0.6) is 0 Å². The molecule has 176 valence electrons. The molecule has 2 unspecified atom stereocenters. The van der Waals surface area contributed by atoms with Crippen molar-refractivity contribution >= 4 is 16.5 Å². The third-order valence-corrected chi connectivity index (χ3v) is 6.88. The smallest absolute Gasteiger partial charge is 0.381 e. The van der Waals surface area contributed by atoms with Crippen molar-refractivity contribution in [3.63, 3.8) is 0 Å². The van der Waals surface area contributed by atoms with Gasteiger partial charge in [0.15, 0.2) is 5.60 Å².